The molecule has 0 N–H and O–H groups in total. The maximum absolute atomic E-state index is 11.9. The summed E-state index contributed by atoms with van der Waals surface area (Å²) in [7, 11) is 3.49. The van der Waals surface area contributed by atoms with Crippen molar-refractivity contribution in [3.63, 3.8) is 0 Å². The number of urea groups is 1. The minimum absolute atomic E-state index is 0.0227. The third kappa shape index (κ3) is 3.24. The van der Waals surface area contributed by atoms with Gasteiger partial charge in [-0.3, -0.25) is 10.1 Å². The predicted octanol–water partition coefficient (Wildman–Crippen LogP) is 1.71. The van der Waals surface area contributed by atoms with Gasteiger partial charge < -0.3 is 14.7 Å². The van der Waals surface area contributed by atoms with E-state index in [0.29, 0.717) is 18.7 Å². The molecule has 1 heterocycles. The lowest BCUT2D eigenvalue weighted by Crippen LogP contribution is -2.51. The van der Waals surface area contributed by atoms with Crippen molar-refractivity contribution in [1.82, 2.24) is 9.80 Å². The molecule has 1 fully saturated rings. The van der Waals surface area contributed by atoms with Crippen LogP contribution in [0.3, 0.4) is 0 Å². The molecule has 114 valence electrons. The molecule has 1 aliphatic heterocycles. The van der Waals surface area contributed by atoms with Gasteiger partial charge in [-0.15, -0.1) is 0 Å². The van der Waals surface area contributed by atoms with E-state index in [4.69, 9.17) is 0 Å². The second-order valence-electron chi connectivity index (χ2n) is 5.38. The maximum Gasteiger partial charge on any atom is 0.319 e. The number of anilines is 1. The van der Waals surface area contributed by atoms with Gasteiger partial charge in [-0.05, 0) is 19.1 Å². The summed E-state index contributed by atoms with van der Waals surface area (Å²) in [6, 6.07) is 5.17. The normalized spacial score (nSPS) is 15.0. The first-order chi connectivity index (χ1) is 9.90. The van der Waals surface area contributed by atoms with E-state index in [1.54, 1.807) is 38.1 Å². The predicted molar refractivity (Wildman–Crippen MR) is 80.7 cm³/mol. The highest BCUT2D eigenvalue weighted by molar-refractivity contribution is 5.74. The Morgan fingerprint density at radius 3 is 2.33 bits per heavy atom. The highest BCUT2D eigenvalue weighted by Gasteiger charge is 2.23. The Balaban J connectivity index is 2.04. The van der Waals surface area contributed by atoms with Crippen LogP contribution in [0.15, 0.2) is 18.2 Å². The quantitative estimate of drug-likeness (QED) is 0.614. The van der Waals surface area contributed by atoms with E-state index in [1.807, 2.05) is 11.0 Å². The third-order valence-corrected chi connectivity index (χ3v) is 3.67. The fourth-order valence-electron chi connectivity index (χ4n) is 2.48. The summed E-state index contributed by atoms with van der Waals surface area (Å²) in [6.45, 7) is 4.53. The van der Waals surface area contributed by atoms with Crippen molar-refractivity contribution < 1.29 is 9.72 Å². The molecule has 7 nitrogen and oxygen atoms in total. The number of rotatable bonds is 2. The van der Waals surface area contributed by atoms with Crippen LogP contribution in [0.25, 0.3) is 0 Å². The minimum atomic E-state index is -0.368. The molecule has 0 spiro atoms. The standard InChI is InChI=1S/C14H20N4O3/c1-11-10-12(4-5-13(11)18(20)21)16-6-8-17(9-7-16)14(19)15(2)3/h4-5,10H,6-9H2,1-3H3. The molecule has 0 aliphatic carbocycles. The van der Waals surface area contributed by atoms with Gasteiger partial charge in [0.25, 0.3) is 5.69 Å². The summed E-state index contributed by atoms with van der Waals surface area (Å²) >= 11 is 0. The lowest BCUT2D eigenvalue weighted by molar-refractivity contribution is -0.385. The molecule has 0 aromatic heterocycles. The van der Waals surface area contributed by atoms with Crippen molar-refractivity contribution >= 4 is 17.4 Å². The molecule has 2 rings (SSSR count). The van der Waals surface area contributed by atoms with Gasteiger partial charge in [0.05, 0.1) is 4.92 Å². The van der Waals surface area contributed by atoms with Crippen molar-refractivity contribution in [1.29, 1.82) is 0 Å². The number of carbonyl (C=O) groups is 1. The van der Waals surface area contributed by atoms with E-state index in [9.17, 15) is 14.9 Å². The number of nitrogens with zero attached hydrogens (tertiary/aromatic N) is 4. The van der Waals surface area contributed by atoms with Crippen LogP contribution in [0.4, 0.5) is 16.2 Å². The second-order valence-corrected chi connectivity index (χ2v) is 5.38. The van der Waals surface area contributed by atoms with E-state index in [2.05, 4.69) is 4.90 Å². The fraction of sp³-hybridized carbons (Fsp3) is 0.500. The van der Waals surface area contributed by atoms with Gasteiger partial charge in [0, 0.05) is 57.6 Å². The summed E-state index contributed by atoms with van der Waals surface area (Å²) in [4.78, 5) is 27.9. The first kappa shape index (κ1) is 15.1. The Morgan fingerprint density at radius 1 is 1.24 bits per heavy atom. The van der Waals surface area contributed by atoms with Crippen LogP contribution in [0, 0.1) is 17.0 Å². The Labute approximate surface area is 123 Å². The number of nitro groups is 1. The van der Waals surface area contributed by atoms with Gasteiger partial charge in [0.15, 0.2) is 0 Å². The number of piperazine rings is 1. The van der Waals surface area contributed by atoms with Gasteiger partial charge in [-0.25, -0.2) is 4.79 Å². The van der Waals surface area contributed by atoms with Gasteiger partial charge in [0.2, 0.25) is 0 Å². The summed E-state index contributed by atoms with van der Waals surface area (Å²) in [5.74, 6) is 0. The molecule has 0 unspecified atom stereocenters. The summed E-state index contributed by atoms with van der Waals surface area (Å²) in [6.07, 6.45) is 0. The SMILES string of the molecule is Cc1cc(N2CCN(C(=O)N(C)C)CC2)ccc1[N+](=O)[O-]. The van der Waals surface area contributed by atoms with Gasteiger partial charge >= 0.3 is 6.03 Å². The lowest BCUT2D eigenvalue weighted by Gasteiger charge is -2.37. The van der Waals surface area contributed by atoms with Crippen molar-refractivity contribution in [2.24, 2.45) is 0 Å². The maximum atomic E-state index is 11.9. The first-order valence-corrected chi connectivity index (χ1v) is 6.86. The van der Waals surface area contributed by atoms with Gasteiger partial charge in [-0.2, -0.15) is 0 Å². The highest BCUT2D eigenvalue weighted by atomic mass is 16.6. The molecule has 7 heteroatoms. The minimum Gasteiger partial charge on any atom is -0.368 e. The fourth-order valence-corrected chi connectivity index (χ4v) is 2.48. The van der Waals surface area contributed by atoms with Crippen LogP contribution >= 0.6 is 0 Å². The van der Waals surface area contributed by atoms with Crippen LogP contribution in [0.1, 0.15) is 5.56 Å². The molecule has 1 saturated heterocycles. The van der Waals surface area contributed by atoms with Crippen LogP contribution in [0.2, 0.25) is 0 Å². The largest absolute Gasteiger partial charge is 0.368 e. The Morgan fingerprint density at radius 2 is 1.86 bits per heavy atom. The molecule has 21 heavy (non-hydrogen) atoms. The van der Waals surface area contributed by atoms with Crippen molar-refractivity contribution in [2.45, 2.75) is 6.92 Å². The van der Waals surface area contributed by atoms with Gasteiger partial charge in [0.1, 0.15) is 0 Å². The van der Waals surface area contributed by atoms with E-state index >= 15 is 0 Å². The average molecular weight is 292 g/mol. The molecular formula is C14H20N4O3. The van der Waals surface area contributed by atoms with Crippen molar-refractivity contribution in [3.8, 4) is 0 Å². The number of nitro benzene ring substituents is 1. The number of amides is 2. The number of hydrogen-bond donors (Lipinski definition) is 0. The Kier molecular flexibility index (Phi) is 4.30. The molecule has 1 aliphatic rings. The topological polar surface area (TPSA) is 69.9 Å². The smallest absolute Gasteiger partial charge is 0.319 e. The molecule has 0 radical (unpaired) electrons. The monoisotopic (exact) mass is 292 g/mol. The highest BCUT2D eigenvalue weighted by Crippen LogP contribution is 2.25. The molecule has 0 atom stereocenters. The molecule has 0 bridgehead atoms. The first-order valence-electron chi connectivity index (χ1n) is 6.86. The van der Waals surface area contributed by atoms with Crippen LogP contribution in [0.5, 0.6) is 0 Å². The van der Waals surface area contributed by atoms with Crippen molar-refractivity contribution in [2.75, 3.05) is 45.2 Å². The summed E-state index contributed by atoms with van der Waals surface area (Å²) < 4.78 is 0. The van der Waals surface area contributed by atoms with Crippen LogP contribution in [-0.4, -0.2) is 61.0 Å². The van der Waals surface area contributed by atoms with Crippen molar-refractivity contribution in [3.05, 3.63) is 33.9 Å². The number of benzene rings is 1. The Hall–Kier alpha value is -2.31. The zero-order valence-electron chi connectivity index (χ0n) is 12.6. The van der Waals surface area contributed by atoms with E-state index in [-0.39, 0.29) is 16.6 Å². The Bertz CT molecular complexity index is 551. The molecule has 0 saturated carbocycles. The van der Waals surface area contributed by atoms with E-state index < -0.39 is 0 Å². The van der Waals surface area contributed by atoms with Crippen LogP contribution < -0.4 is 4.90 Å². The number of hydrogen-bond acceptors (Lipinski definition) is 4. The van der Waals surface area contributed by atoms with E-state index in [1.165, 1.54) is 0 Å². The third-order valence-electron chi connectivity index (χ3n) is 3.67. The molecule has 1 aromatic carbocycles. The zero-order chi connectivity index (χ0) is 15.6. The molecule has 2 amide bonds. The summed E-state index contributed by atoms with van der Waals surface area (Å²) in [5, 5.41) is 10.8. The zero-order valence-corrected chi connectivity index (χ0v) is 12.6. The number of aryl methyl sites for hydroxylation is 1. The van der Waals surface area contributed by atoms with E-state index in [0.717, 1.165) is 18.8 Å². The summed E-state index contributed by atoms with van der Waals surface area (Å²) in [5.41, 5.74) is 1.76. The average Bonchev–Trinajstić information content (AvgIpc) is 2.46. The number of carbonyl (C=O) groups excluding carboxylic acids is 1. The van der Waals surface area contributed by atoms with Crippen LogP contribution in [-0.2, 0) is 0 Å². The lowest BCUT2D eigenvalue weighted by atomic mass is 10.1. The second kappa shape index (κ2) is 5.99. The molecule has 1 aromatic rings. The molecular weight excluding hydrogens is 272 g/mol. The van der Waals surface area contributed by atoms with Gasteiger partial charge in [-0.1, -0.05) is 0 Å².